The van der Waals surface area contributed by atoms with Crippen LogP contribution in [-0.2, 0) is 6.42 Å². The smallest absolute Gasteiger partial charge is 0.0659 e. The van der Waals surface area contributed by atoms with Gasteiger partial charge in [-0.1, -0.05) is 6.92 Å². The predicted molar refractivity (Wildman–Crippen MR) is 82.7 cm³/mol. The summed E-state index contributed by atoms with van der Waals surface area (Å²) in [6, 6.07) is 3.84. The lowest BCUT2D eigenvalue weighted by atomic mass is 9.93. The number of aryl methyl sites for hydroxylation is 1. The van der Waals surface area contributed by atoms with E-state index >= 15 is 0 Å². The first-order valence-electron chi connectivity index (χ1n) is 6.76. The zero-order valence-electron chi connectivity index (χ0n) is 10.3. The molecule has 3 atom stereocenters. The Balaban J connectivity index is 1.72. The number of fused-ring (bicyclic) bond motifs is 1. The quantitative estimate of drug-likeness (QED) is 0.765. The highest BCUT2D eigenvalue weighted by molar-refractivity contribution is 14.1. The Morgan fingerprint density at radius 1 is 1.35 bits per heavy atom. The van der Waals surface area contributed by atoms with Crippen LogP contribution in [0.4, 0.5) is 0 Å². The molecule has 0 saturated heterocycles. The van der Waals surface area contributed by atoms with Crippen molar-refractivity contribution in [1.29, 1.82) is 0 Å². The molecule has 0 bridgehead atoms. The summed E-state index contributed by atoms with van der Waals surface area (Å²) in [7, 11) is 0. The minimum atomic E-state index is 0.647. The molecule has 0 radical (unpaired) electrons. The van der Waals surface area contributed by atoms with E-state index in [1.54, 1.807) is 10.4 Å². The summed E-state index contributed by atoms with van der Waals surface area (Å²) in [5, 5.41) is 3.92. The van der Waals surface area contributed by atoms with Gasteiger partial charge in [-0.05, 0) is 78.7 Å². The van der Waals surface area contributed by atoms with E-state index in [1.165, 1.54) is 41.4 Å². The van der Waals surface area contributed by atoms with E-state index in [2.05, 4.69) is 40.9 Å². The first kappa shape index (κ1) is 12.4. The minimum Gasteiger partial charge on any atom is -0.307 e. The van der Waals surface area contributed by atoms with Gasteiger partial charge in [-0.15, -0.1) is 11.3 Å². The van der Waals surface area contributed by atoms with E-state index < -0.39 is 0 Å². The third kappa shape index (κ3) is 2.71. The Labute approximate surface area is 122 Å². The molecule has 0 aromatic carbocycles. The summed E-state index contributed by atoms with van der Waals surface area (Å²) in [5.41, 5.74) is 1.62. The summed E-state index contributed by atoms with van der Waals surface area (Å²) < 4.78 is 1.46. The van der Waals surface area contributed by atoms with Crippen LogP contribution in [0.15, 0.2) is 6.07 Å². The van der Waals surface area contributed by atoms with Crippen molar-refractivity contribution in [3.05, 3.63) is 19.4 Å². The number of halogens is 1. The van der Waals surface area contributed by atoms with Gasteiger partial charge in [0.2, 0.25) is 0 Å². The topological polar surface area (TPSA) is 12.0 Å². The van der Waals surface area contributed by atoms with Crippen LogP contribution in [0.5, 0.6) is 0 Å². The first-order chi connectivity index (χ1) is 8.22. The van der Waals surface area contributed by atoms with Crippen LogP contribution in [0.3, 0.4) is 0 Å². The van der Waals surface area contributed by atoms with Crippen LogP contribution < -0.4 is 5.32 Å². The largest absolute Gasteiger partial charge is 0.307 e. The maximum absolute atomic E-state index is 3.92. The van der Waals surface area contributed by atoms with Gasteiger partial charge in [-0.2, -0.15) is 0 Å². The van der Waals surface area contributed by atoms with Crippen molar-refractivity contribution in [3.8, 4) is 0 Å². The van der Waals surface area contributed by atoms with Gasteiger partial charge in [0.25, 0.3) is 0 Å². The molecule has 2 aliphatic carbocycles. The Hall–Kier alpha value is 0.390. The fourth-order valence-electron chi connectivity index (χ4n) is 3.34. The fourth-order valence-corrected chi connectivity index (χ4v) is 5.46. The van der Waals surface area contributed by atoms with Crippen molar-refractivity contribution < 1.29 is 0 Å². The van der Waals surface area contributed by atoms with Gasteiger partial charge in [0.1, 0.15) is 0 Å². The average molecular weight is 361 g/mol. The number of hydrogen-bond donors (Lipinski definition) is 1. The maximum atomic E-state index is 3.92. The molecule has 94 valence electrons. The van der Waals surface area contributed by atoms with Crippen LogP contribution in [0.25, 0.3) is 0 Å². The maximum Gasteiger partial charge on any atom is 0.0659 e. The Kier molecular flexibility index (Phi) is 3.78. The van der Waals surface area contributed by atoms with E-state index in [0.29, 0.717) is 6.04 Å². The zero-order chi connectivity index (χ0) is 11.8. The number of thiophene rings is 1. The van der Waals surface area contributed by atoms with Crippen molar-refractivity contribution in [2.45, 2.75) is 57.5 Å². The molecule has 1 heterocycles. The average Bonchev–Trinajstić information content (AvgIpc) is 2.84. The molecule has 3 heteroatoms. The lowest BCUT2D eigenvalue weighted by molar-refractivity contribution is 0.393. The second kappa shape index (κ2) is 5.17. The van der Waals surface area contributed by atoms with Crippen molar-refractivity contribution in [2.24, 2.45) is 5.92 Å². The molecule has 1 saturated carbocycles. The lowest BCUT2D eigenvalue weighted by Gasteiger charge is -2.27. The van der Waals surface area contributed by atoms with Gasteiger partial charge >= 0.3 is 0 Å². The van der Waals surface area contributed by atoms with Gasteiger partial charge in [-0.25, -0.2) is 0 Å². The van der Waals surface area contributed by atoms with Crippen molar-refractivity contribution in [2.75, 3.05) is 0 Å². The molecule has 17 heavy (non-hydrogen) atoms. The normalized spacial score (nSPS) is 32.7. The van der Waals surface area contributed by atoms with Crippen LogP contribution in [0.2, 0.25) is 0 Å². The predicted octanol–water partition coefficient (Wildman–Crippen LogP) is 4.51. The van der Waals surface area contributed by atoms with Gasteiger partial charge in [0.15, 0.2) is 0 Å². The van der Waals surface area contributed by atoms with E-state index in [1.807, 2.05) is 11.3 Å². The monoisotopic (exact) mass is 361 g/mol. The molecule has 1 fully saturated rings. The van der Waals surface area contributed by atoms with Crippen LogP contribution in [0.1, 0.15) is 55.5 Å². The van der Waals surface area contributed by atoms with E-state index in [-0.39, 0.29) is 0 Å². The van der Waals surface area contributed by atoms with Gasteiger partial charge in [-0.3, -0.25) is 0 Å². The highest BCUT2D eigenvalue weighted by Gasteiger charge is 2.27. The second-order valence-corrected chi connectivity index (χ2v) is 8.69. The summed E-state index contributed by atoms with van der Waals surface area (Å²) in [6.07, 6.45) is 8.19. The van der Waals surface area contributed by atoms with E-state index in [0.717, 1.165) is 12.0 Å². The molecule has 1 N–H and O–H groups in total. The third-order valence-electron chi connectivity index (χ3n) is 4.22. The molecule has 1 aromatic rings. The van der Waals surface area contributed by atoms with Crippen molar-refractivity contribution >= 4 is 33.9 Å². The number of hydrogen-bond acceptors (Lipinski definition) is 2. The zero-order valence-corrected chi connectivity index (χ0v) is 13.3. The second-order valence-electron chi connectivity index (χ2n) is 5.66. The van der Waals surface area contributed by atoms with Crippen molar-refractivity contribution in [3.63, 3.8) is 0 Å². The van der Waals surface area contributed by atoms with E-state index in [4.69, 9.17) is 0 Å². The Bertz CT molecular complexity index is 401. The molecule has 1 nitrogen and oxygen atoms in total. The Morgan fingerprint density at radius 3 is 3.00 bits per heavy atom. The molecule has 0 amide bonds. The molecule has 0 spiro atoms. The molecular formula is C14H20INS. The van der Waals surface area contributed by atoms with Crippen LogP contribution in [-0.4, -0.2) is 6.04 Å². The van der Waals surface area contributed by atoms with Gasteiger partial charge in [0, 0.05) is 17.0 Å². The van der Waals surface area contributed by atoms with Crippen LogP contribution in [0, 0.1) is 8.80 Å². The van der Waals surface area contributed by atoms with Gasteiger partial charge in [0.05, 0.1) is 2.88 Å². The number of rotatable bonds is 2. The summed E-state index contributed by atoms with van der Waals surface area (Å²) in [4.78, 5) is 1.64. The summed E-state index contributed by atoms with van der Waals surface area (Å²) in [5.74, 6) is 0.929. The summed E-state index contributed by atoms with van der Waals surface area (Å²) >= 11 is 4.47. The van der Waals surface area contributed by atoms with Gasteiger partial charge < -0.3 is 5.32 Å². The van der Waals surface area contributed by atoms with Crippen LogP contribution >= 0.6 is 33.9 Å². The Morgan fingerprint density at radius 2 is 2.24 bits per heavy atom. The van der Waals surface area contributed by atoms with Crippen molar-refractivity contribution in [1.82, 2.24) is 5.32 Å². The standard InChI is InChI=1S/C14H20INS/c1-9-5-6-10(7-9)16-12-3-2-4-13-11(12)8-14(15)17-13/h8-10,12,16H,2-7H2,1H3. The first-order valence-corrected chi connectivity index (χ1v) is 8.66. The lowest BCUT2D eigenvalue weighted by Crippen LogP contribution is -2.32. The molecule has 0 aliphatic heterocycles. The molecule has 3 rings (SSSR count). The number of nitrogens with one attached hydrogen (secondary N) is 1. The molecular weight excluding hydrogens is 341 g/mol. The molecule has 3 unspecified atom stereocenters. The third-order valence-corrected chi connectivity index (χ3v) is 6.19. The fraction of sp³-hybridized carbons (Fsp3) is 0.714. The molecule has 2 aliphatic rings. The highest BCUT2D eigenvalue weighted by atomic mass is 127. The van der Waals surface area contributed by atoms with E-state index in [9.17, 15) is 0 Å². The SMILES string of the molecule is CC1CCC(NC2CCCc3sc(I)cc32)C1. The molecule has 1 aromatic heterocycles. The highest BCUT2D eigenvalue weighted by Crippen LogP contribution is 2.37. The minimum absolute atomic E-state index is 0.647. The summed E-state index contributed by atoms with van der Waals surface area (Å²) in [6.45, 7) is 2.39.